The first-order valence-electron chi connectivity index (χ1n) is 12.7. The number of aryl methyl sites for hydroxylation is 1. The standard InChI is InChI=1S/C27H37N3O3S/c31-27(25-14-8-15-26(23-25)34(32,33)30-19-6-1-2-7-20-30)29-18-10-17-28(21-22-29)16-9-13-24-11-4-3-5-12-24/h3-5,8,11-12,14-15,23H,1-2,6-7,9-10,13,16-22H2. The monoisotopic (exact) mass is 483 g/mol. The van der Waals surface area contributed by atoms with Gasteiger partial charge in [-0.15, -0.1) is 0 Å². The van der Waals surface area contributed by atoms with Crippen LogP contribution in [0.1, 0.15) is 54.4 Å². The number of sulfonamides is 1. The van der Waals surface area contributed by atoms with Crippen LogP contribution in [0.5, 0.6) is 0 Å². The van der Waals surface area contributed by atoms with Gasteiger partial charge in [0.25, 0.3) is 5.91 Å². The Bertz CT molecular complexity index is 1030. The normalized spacial score (nSPS) is 18.9. The van der Waals surface area contributed by atoms with Crippen LogP contribution in [0, 0.1) is 0 Å². The summed E-state index contributed by atoms with van der Waals surface area (Å²) in [6.07, 6.45) is 7.04. The van der Waals surface area contributed by atoms with Gasteiger partial charge in [0.2, 0.25) is 10.0 Å². The molecule has 1 amide bonds. The number of nitrogens with zero attached hydrogens (tertiary/aromatic N) is 3. The summed E-state index contributed by atoms with van der Waals surface area (Å²) < 4.78 is 28.0. The molecule has 34 heavy (non-hydrogen) atoms. The minimum Gasteiger partial charge on any atom is -0.337 e. The van der Waals surface area contributed by atoms with Crippen molar-refractivity contribution in [2.24, 2.45) is 0 Å². The summed E-state index contributed by atoms with van der Waals surface area (Å²) in [5.74, 6) is -0.0703. The van der Waals surface area contributed by atoms with E-state index in [1.54, 1.807) is 28.6 Å². The van der Waals surface area contributed by atoms with Crippen molar-refractivity contribution in [3.05, 3.63) is 65.7 Å². The Morgan fingerprint density at radius 2 is 1.53 bits per heavy atom. The van der Waals surface area contributed by atoms with Crippen LogP contribution < -0.4 is 0 Å². The lowest BCUT2D eigenvalue weighted by Gasteiger charge is -2.23. The van der Waals surface area contributed by atoms with Gasteiger partial charge in [-0.25, -0.2) is 8.42 Å². The largest absolute Gasteiger partial charge is 0.337 e. The fourth-order valence-electron chi connectivity index (χ4n) is 4.95. The van der Waals surface area contributed by atoms with Gasteiger partial charge in [-0.2, -0.15) is 4.31 Å². The summed E-state index contributed by atoms with van der Waals surface area (Å²) in [4.78, 5) is 17.8. The third kappa shape index (κ3) is 6.46. The molecule has 0 atom stereocenters. The second kappa shape index (κ2) is 12.0. The van der Waals surface area contributed by atoms with E-state index in [9.17, 15) is 13.2 Å². The molecule has 0 unspecified atom stereocenters. The number of hydrogen-bond donors (Lipinski definition) is 0. The van der Waals surface area contributed by atoms with Crippen molar-refractivity contribution in [2.75, 3.05) is 45.8 Å². The molecule has 0 bridgehead atoms. The van der Waals surface area contributed by atoms with E-state index in [2.05, 4.69) is 29.2 Å². The average Bonchev–Trinajstić information content (AvgIpc) is 3.28. The zero-order valence-electron chi connectivity index (χ0n) is 20.1. The Labute approximate surface area is 204 Å². The molecule has 7 heteroatoms. The van der Waals surface area contributed by atoms with Crippen molar-refractivity contribution in [2.45, 2.75) is 49.8 Å². The molecule has 2 fully saturated rings. The maximum atomic E-state index is 13.3. The summed E-state index contributed by atoms with van der Waals surface area (Å²) in [5.41, 5.74) is 1.83. The lowest BCUT2D eigenvalue weighted by atomic mass is 10.1. The predicted octanol–water partition coefficient (Wildman–Crippen LogP) is 4.03. The van der Waals surface area contributed by atoms with E-state index in [1.807, 2.05) is 11.0 Å². The number of carbonyl (C=O) groups is 1. The lowest BCUT2D eigenvalue weighted by Crippen LogP contribution is -2.36. The summed E-state index contributed by atoms with van der Waals surface area (Å²) >= 11 is 0. The van der Waals surface area contributed by atoms with Crippen molar-refractivity contribution >= 4 is 15.9 Å². The van der Waals surface area contributed by atoms with E-state index in [4.69, 9.17) is 0 Å². The lowest BCUT2D eigenvalue weighted by molar-refractivity contribution is 0.0761. The third-order valence-electron chi connectivity index (χ3n) is 6.94. The van der Waals surface area contributed by atoms with Crippen molar-refractivity contribution in [3.63, 3.8) is 0 Å². The highest BCUT2D eigenvalue weighted by atomic mass is 32.2. The first-order chi connectivity index (χ1) is 16.5. The minimum atomic E-state index is -3.57. The van der Waals surface area contributed by atoms with Crippen LogP contribution in [0.25, 0.3) is 0 Å². The number of benzene rings is 2. The van der Waals surface area contributed by atoms with Gasteiger partial charge < -0.3 is 9.80 Å². The zero-order chi connectivity index (χ0) is 23.8. The molecule has 0 radical (unpaired) electrons. The summed E-state index contributed by atoms with van der Waals surface area (Å²) in [7, 11) is -3.57. The molecular formula is C27H37N3O3S. The maximum absolute atomic E-state index is 13.3. The van der Waals surface area contributed by atoms with E-state index >= 15 is 0 Å². The fourth-order valence-corrected chi connectivity index (χ4v) is 6.52. The minimum absolute atomic E-state index is 0.0703. The van der Waals surface area contributed by atoms with E-state index < -0.39 is 10.0 Å². The van der Waals surface area contributed by atoms with Gasteiger partial charge in [0.1, 0.15) is 0 Å². The molecule has 2 aromatic carbocycles. The van der Waals surface area contributed by atoms with Crippen LogP contribution in [0.4, 0.5) is 0 Å². The second-order valence-corrected chi connectivity index (χ2v) is 11.4. The van der Waals surface area contributed by atoms with Crippen LogP contribution in [0.3, 0.4) is 0 Å². The van der Waals surface area contributed by atoms with Gasteiger partial charge in [0.15, 0.2) is 0 Å². The number of carbonyl (C=O) groups excluding carboxylic acids is 1. The Balaban J connectivity index is 1.34. The fraction of sp³-hybridized carbons (Fsp3) is 0.519. The highest BCUT2D eigenvalue weighted by Gasteiger charge is 2.27. The van der Waals surface area contributed by atoms with Crippen molar-refractivity contribution < 1.29 is 13.2 Å². The Morgan fingerprint density at radius 1 is 0.765 bits per heavy atom. The van der Waals surface area contributed by atoms with Crippen LogP contribution >= 0.6 is 0 Å². The Hall–Kier alpha value is -2.22. The van der Waals surface area contributed by atoms with E-state index in [-0.39, 0.29) is 10.8 Å². The molecule has 0 spiro atoms. The second-order valence-electron chi connectivity index (χ2n) is 9.42. The molecule has 2 saturated heterocycles. The van der Waals surface area contributed by atoms with Gasteiger partial charge in [-0.05, 0) is 69.0 Å². The van der Waals surface area contributed by atoms with Crippen molar-refractivity contribution in [3.8, 4) is 0 Å². The van der Waals surface area contributed by atoms with Crippen LogP contribution in [0.15, 0.2) is 59.5 Å². The van der Waals surface area contributed by atoms with Gasteiger partial charge in [0, 0.05) is 38.3 Å². The SMILES string of the molecule is O=C(c1cccc(S(=O)(=O)N2CCCCCC2)c1)N1CCCN(CCCc2ccccc2)CC1. The molecule has 0 aromatic heterocycles. The first kappa shape index (κ1) is 24.9. The molecule has 0 N–H and O–H groups in total. The van der Waals surface area contributed by atoms with Gasteiger partial charge in [0.05, 0.1) is 4.90 Å². The van der Waals surface area contributed by atoms with Gasteiger partial charge >= 0.3 is 0 Å². The number of amides is 1. The molecule has 4 rings (SSSR count). The van der Waals surface area contributed by atoms with Crippen LogP contribution in [0.2, 0.25) is 0 Å². The highest BCUT2D eigenvalue weighted by Crippen LogP contribution is 2.22. The maximum Gasteiger partial charge on any atom is 0.253 e. The molecule has 0 aliphatic carbocycles. The molecule has 184 valence electrons. The summed E-state index contributed by atoms with van der Waals surface area (Å²) in [6.45, 7) is 5.37. The van der Waals surface area contributed by atoms with Gasteiger partial charge in [-0.1, -0.05) is 49.2 Å². The first-order valence-corrected chi connectivity index (χ1v) is 14.1. The van der Waals surface area contributed by atoms with Crippen molar-refractivity contribution in [1.82, 2.24) is 14.1 Å². The third-order valence-corrected chi connectivity index (χ3v) is 8.84. The molecule has 2 heterocycles. The number of rotatable bonds is 7. The predicted molar refractivity (Wildman–Crippen MR) is 135 cm³/mol. The quantitative estimate of drug-likeness (QED) is 0.597. The van der Waals surface area contributed by atoms with Crippen LogP contribution in [-0.2, 0) is 16.4 Å². The Kier molecular flexibility index (Phi) is 8.75. The molecular weight excluding hydrogens is 446 g/mol. The number of hydrogen-bond acceptors (Lipinski definition) is 4. The van der Waals surface area contributed by atoms with E-state index in [0.29, 0.717) is 31.7 Å². The average molecular weight is 484 g/mol. The van der Waals surface area contributed by atoms with E-state index in [1.165, 1.54) is 5.56 Å². The summed E-state index contributed by atoms with van der Waals surface area (Å²) in [6, 6.07) is 17.2. The molecule has 2 aliphatic heterocycles. The zero-order valence-corrected chi connectivity index (χ0v) is 20.9. The van der Waals surface area contributed by atoms with Crippen LogP contribution in [-0.4, -0.2) is 74.2 Å². The smallest absolute Gasteiger partial charge is 0.253 e. The summed E-state index contributed by atoms with van der Waals surface area (Å²) in [5, 5.41) is 0. The molecule has 2 aliphatic rings. The molecule has 2 aromatic rings. The molecule has 0 saturated carbocycles. The van der Waals surface area contributed by atoms with Crippen molar-refractivity contribution in [1.29, 1.82) is 0 Å². The topological polar surface area (TPSA) is 60.9 Å². The van der Waals surface area contributed by atoms with E-state index in [0.717, 1.165) is 64.6 Å². The highest BCUT2D eigenvalue weighted by molar-refractivity contribution is 7.89. The molecule has 6 nitrogen and oxygen atoms in total. The van der Waals surface area contributed by atoms with Gasteiger partial charge in [-0.3, -0.25) is 4.79 Å². The Morgan fingerprint density at radius 3 is 2.29 bits per heavy atom.